The highest BCUT2D eigenvalue weighted by molar-refractivity contribution is 5.87. The van der Waals surface area contributed by atoms with Crippen molar-refractivity contribution in [2.45, 2.75) is 174 Å². The maximum Gasteiger partial charge on any atom is 0.331 e. The molecule has 0 aromatic rings. The van der Waals surface area contributed by atoms with Crippen molar-refractivity contribution in [1.82, 2.24) is 10.2 Å². The lowest BCUT2D eigenvalue weighted by molar-refractivity contribution is -0.164. The maximum atomic E-state index is 12.8. The number of carbonyl (C=O) groups is 3. The standard InChI is InChI=1S/C33H62N2O5/c1-8-9-10-11-12-13-14-15-16-17-18-19-20-21-22-23-29(37)40-25-24-35-31(3,4)26-33(30(38)39-7,34-28(2)36)27-32(35,5)6/h8-27H2,1-7H3,(H,34,36). The zero-order chi connectivity index (χ0) is 30.1. The number of rotatable bonds is 21. The van der Waals surface area contributed by atoms with Crippen molar-refractivity contribution in [1.29, 1.82) is 0 Å². The number of nitrogens with one attached hydrogen (secondary N) is 1. The third-order valence-electron chi connectivity index (χ3n) is 8.48. The van der Waals surface area contributed by atoms with Crippen LogP contribution in [0.2, 0.25) is 0 Å². The van der Waals surface area contributed by atoms with Gasteiger partial charge in [-0.1, -0.05) is 96.8 Å². The first-order chi connectivity index (χ1) is 18.9. The largest absolute Gasteiger partial charge is 0.467 e. The quantitative estimate of drug-likeness (QED) is 0.114. The van der Waals surface area contributed by atoms with Crippen molar-refractivity contribution < 1.29 is 23.9 Å². The van der Waals surface area contributed by atoms with Crippen molar-refractivity contribution in [3.05, 3.63) is 0 Å². The lowest BCUT2D eigenvalue weighted by atomic mass is 9.69. The van der Waals surface area contributed by atoms with E-state index in [4.69, 9.17) is 9.47 Å². The molecule has 0 unspecified atom stereocenters. The summed E-state index contributed by atoms with van der Waals surface area (Å²) in [6.45, 7) is 12.8. The third kappa shape index (κ3) is 13.4. The molecule has 7 nitrogen and oxygen atoms in total. The fourth-order valence-corrected chi connectivity index (χ4v) is 6.93. The summed E-state index contributed by atoms with van der Waals surface area (Å²) in [5, 5.41) is 2.89. The number of esters is 2. The second-order valence-corrected chi connectivity index (χ2v) is 13.3. The molecule has 7 heteroatoms. The van der Waals surface area contributed by atoms with Gasteiger partial charge in [0.1, 0.15) is 12.1 Å². The Kier molecular flexibility index (Phi) is 17.0. The number of piperidine rings is 1. The van der Waals surface area contributed by atoms with Crippen LogP contribution in [0, 0.1) is 0 Å². The molecule has 0 spiro atoms. The van der Waals surface area contributed by atoms with Gasteiger partial charge in [0.25, 0.3) is 0 Å². The Labute approximate surface area is 245 Å². The summed E-state index contributed by atoms with van der Waals surface area (Å²) in [6.07, 6.45) is 20.9. The Balaban J connectivity index is 2.23. The van der Waals surface area contributed by atoms with E-state index in [1.54, 1.807) is 0 Å². The number of hydrogen-bond acceptors (Lipinski definition) is 6. The second kappa shape index (κ2) is 18.7. The molecule has 0 atom stereocenters. The zero-order valence-electron chi connectivity index (χ0n) is 27.1. The van der Waals surface area contributed by atoms with Gasteiger partial charge in [-0.2, -0.15) is 0 Å². The number of amides is 1. The van der Waals surface area contributed by atoms with Crippen molar-refractivity contribution in [3.63, 3.8) is 0 Å². The summed E-state index contributed by atoms with van der Waals surface area (Å²) in [4.78, 5) is 39.3. The van der Waals surface area contributed by atoms with Gasteiger partial charge in [0, 0.05) is 31.0 Å². The highest BCUT2D eigenvalue weighted by atomic mass is 16.5. The molecule has 1 aliphatic heterocycles. The van der Waals surface area contributed by atoms with E-state index in [1.807, 2.05) is 0 Å². The maximum absolute atomic E-state index is 12.8. The van der Waals surface area contributed by atoms with Crippen LogP contribution in [0.3, 0.4) is 0 Å². The van der Waals surface area contributed by atoms with Gasteiger partial charge in [0.05, 0.1) is 7.11 Å². The third-order valence-corrected chi connectivity index (χ3v) is 8.48. The Hall–Kier alpha value is -1.63. The molecule has 1 fully saturated rings. The van der Waals surface area contributed by atoms with Crippen LogP contribution >= 0.6 is 0 Å². The number of likely N-dealkylation sites (tertiary alicyclic amines) is 1. The molecule has 1 rings (SSSR count). The molecule has 1 amide bonds. The van der Waals surface area contributed by atoms with Gasteiger partial charge in [0.2, 0.25) is 5.91 Å². The first-order valence-electron chi connectivity index (χ1n) is 16.2. The van der Waals surface area contributed by atoms with Crippen LogP contribution in [-0.2, 0) is 23.9 Å². The zero-order valence-corrected chi connectivity index (χ0v) is 27.1. The van der Waals surface area contributed by atoms with Gasteiger partial charge in [-0.05, 0) is 47.0 Å². The molecule has 1 aliphatic rings. The molecule has 0 aliphatic carbocycles. The van der Waals surface area contributed by atoms with Gasteiger partial charge in [-0.25, -0.2) is 4.79 Å². The number of unbranched alkanes of at least 4 members (excludes halogenated alkanes) is 14. The highest BCUT2D eigenvalue weighted by Gasteiger charge is 2.56. The van der Waals surface area contributed by atoms with Gasteiger partial charge < -0.3 is 14.8 Å². The molecule has 1 N–H and O–H groups in total. The first kappa shape index (κ1) is 36.4. The fraction of sp³-hybridized carbons (Fsp3) is 0.909. The minimum Gasteiger partial charge on any atom is -0.467 e. The van der Waals surface area contributed by atoms with Crippen molar-refractivity contribution in [2.24, 2.45) is 0 Å². The van der Waals surface area contributed by atoms with E-state index in [0.717, 1.165) is 12.8 Å². The minimum atomic E-state index is -1.08. The molecule has 1 saturated heterocycles. The Morgan fingerprint density at radius 3 is 1.55 bits per heavy atom. The van der Waals surface area contributed by atoms with Gasteiger partial charge in [-0.15, -0.1) is 0 Å². The summed E-state index contributed by atoms with van der Waals surface area (Å²) in [7, 11) is 1.36. The van der Waals surface area contributed by atoms with Crippen LogP contribution in [0.15, 0.2) is 0 Å². The van der Waals surface area contributed by atoms with Gasteiger partial charge in [-0.3, -0.25) is 14.5 Å². The van der Waals surface area contributed by atoms with Crippen LogP contribution in [0.25, 0.3) is 0 Å². The van der Waals surface area contributed by atoms with Crippen LogP contribution in [-0.4, -0.2) is 59.6 Å². The van der Waals surface area contributed by atoms with E-state index in [-0.39, 0.29) is 11.9 Å². The molecular formula is C33H62N2O5. The normalized spacial score (nSPS) is 17.8. The smallest absolute Gasteiger partial charge is 0.331 e. The van der Waals surface area contributed by atoms with Gasteiger partial charge in [0.15, 0.2) is 0 Å². The predicted octanol–water partition coefficient (Wildman–Crippen LogP) is 7.49. The van der Waals surface area contributed by atoms with Crippen LogP contribution in [0.1, 0.15) is 157 Å². The van der Waals surface area contributed by atoms with E-state index in [2.05, 4.69) is 44.8 Å². The molecule has 1 heterocycles. The molecule has 0 bridgehead atoms. The van der Waals surface area contributed by atoms with Crippen molar-refractivity contribution >= 4 is 17.8 Å². The molecule has 40 heavy (non-hydrogen) atoms. The van der Waals surface area contributed by atoms with E-state index in [0.29, 0.717) is 32.4 Å². The molecular weight excluding hydrogens is 504 g/mol. The molecule has 0 aromatic carbocycles. The Morgan fingerprint density at radius 1 is 0.725 bits per heavy atom. The van der Waals surface area contributed by atoms with Crippen molar-refractivity contribution in [2.75, 3.05) is 20.3 Å². The molecule has 0 aromatic heterocycles. The van der Waals surface area contributed by atoms with Gasteiger partial charge >= 0.3 is 11.9 Å². The Morgan fingerprint density at radius 2 is 1.15 bits per heavy atom. The lowest BCUT2D eigenvalue weighted by Crippen LogP contribution is -2.72. The summed E-state index contributed by atoms with van der Waals surface area (Å²) < 4.78 is 10.7. The highest BCUT2D eigenvalue weighted by Crippen LogP contribution is 2.44. The summed E-state index contributed by atoms with van der Waals surface area (Å²) in [5.41, 5.74) is -1.91. The van der Waals surface area contributed by atoms with E-state index >= 15 is 0 Å². The van der Waals surface area contributed by atoms with Crippen LogP contribution in [0.5, 0.6) is 0 Å². The monoisotopic (exact) mass is 566 g/mol. The number of methoxy groups -OCH3 is 1. The van der Waals surface area contributed by atoms with Crippen LogP contribution < -0.4 is 5.32 Å². The molecule has 234 valence electrons. The molecule has 0 saturated carbocycles. The summed E-state index contributed by atoms with van der Waals surface area (Å²) in [5.74, 6) is -0.805. The van der Waals surface area contributed by atoms with E-state index in [1.165, 1.54) is 97.5 Å². The number of nitrogens with zero attached hydrogens (tertiary/aromatic N) is 1. The molecule has 0 radical (unpaired) electrons. The van der Waals surface area contributed by atoms with E-state index < -0.39 is 22.6 Å². The topological polar surface area (TPSA) is 84.9 Å². The predicted molar refractivity (Wildman–Crippen MR) is 163 cm³/mol. The number of carbonyl (C=O) groups excluding carboxylic acids is 3. The second-order valence-electron chi connectivity index (χ2n) is 13.3. The SMILES string of the molecule is CCCCCCCCCCCCCCCCCC(=O)OCCN1C(C)(C)CC(NC(C)=O)(C(=O)OC)CC1(C)C. The average molecular weight is 567 g/mol. The van der Waals surface area contributed by atoms with E-state index in [9.17, 15) is 14.4 Å². The Bertz CT molecular complexity index is 731. The number of ether oxygens (including phenoxy) is 2. The fourth-order valence-electron chi connectivity index (χ4n) is 6.93. The summed E-state index contributed by atoms with van der Waals surface area (Å²) in [6, 6.07) is 0. The lowest BCUT2D eigenvalue weighted by Gasteiger charge is -2.58. The first-order valence-corrected chi connectivity index (χ1v) is 16.2. The van der Waals surface area contributed by atoms with Crippen LogP contribution in [0.4, 0.5) is 0 Å². The minimum absolute atomic E-state index is 0.135. The number of hydrogen-bond donors (Lipinski definition) is 1. The van der Waals surface area contributed by atoms with Crippen molar-refractivity contribution in [3.8, 4) is 0 Å². The average Bonchev–Trinajstić information content (AvgIpc) is 2.86. The summed E-state index contributed by atoms with van der Waals surface area (Å²) >= 11 is 0.